The highest BCUT2D eigenvalue weighted by molar-refractivity contribution is 7.89. The largest absolute Gasteiger partial charge is 0.451 e. The Kier molecular flexibility index (Phi) is 9.07. The van der Waals surface area contributed by atoms with E-state index in [9.17, 15) is 22.8 Å². The van der Waals surface area contributed by atoms with Crippen molar-refractivity contribution in [2.24, 2.45) is 0 Å². The van der Waals surface area contributed by atoms with E-state index in [1.807, 2.05) is 6.92 Å². The standard InChI is InChI=1S/C18H27N3O6S/c1-5-10-19-17(23)13(4)27-16(22)11-20-18(24)14-6-8-15(9-7-14)28(25,26)21-12(2)3/h6-9,12-13,21H,5,10-11H2,1-4H3,(H,19,23)(H,20,24)/t13-/m0/s1. The van der Waals surface area contributed by atoms with E-state index >= 15 is 0 Å². The molecule has 9 nitrogen and oxygen atoms in total. The molecule has 0 radical (unpaired) electrons. The summed E-state index contributed by atoms with van der Waals surface area (Å²) in [5.74, 6) is -1.73. The number of sulfonamides is 1. The van der Waals surface area contributed by atoms with E-state index in [2.05, 4.69) is 15.4 Å². The number of carbonyl (C=O) groups is 3. The van der Waals surface area contributed by atoms with Gasteiger partial charge in [0.1, 0.15) is 6.54 Å². The molecule has 1 rings (SSSR count). The molecule has 28 heavy (non-hydrogen) atoms. The number of rotatable bonds is 10. The Labute approximate surface area is 165 Å². The van der Waals surface area contributed by atoms with Crippen LogP contribution in [0.15, 0.2) is 29.2 Å². The van der Waals surface area contributed by atoms with Crippen LogP contribution >= 0.6 is 0 Å². The maximum Gasteiger partial charge on any atom is 0.326 e. The van der Waals surface area contributed by atoms with Crippen LogP contribution in [0.2, 0.25) is 0 Å². The summed E-state index contributed by atoms with van der Waals surface area (Å²) in [5.41, 5.74) is 0.185. The molecule has 0 aromatic heterocycles. The topological polar surface area (TPSA) is 131 Å². The van der Waals surface area contributed by atoms with Crippen molar-refractivity contribution < 1.29 is 27.5 Å². The maximum atomic E-state index is 12.1. The zero-order chi connectivity index (χ0) is 21.3. The first-order chi connectivity index (χ1) is 13.1. The van der Waals surface area contributed by atoms with Crippen LogP contribution in [0.25, 0.3) is 0 Å². The number of esters is 1. The van der Waals surface area contributed by atoms with Crippen LogP contribution in [0, 0.1) is 0 Å². The van der Waals surface area contributed by atoms with Crippen LogP contribution in [0.1, 0.15) is 44.5 Å². The van der Waals surface area contributed by atoms with E-state index < -0.39 is 40.5 Å². The highest BCUT2D eigenvalue weighted by Gasteiger charge is 2.19. The quantitative estimate of drug-likeness (QED) is 0.481. The Morgan fingerprint density at radius 1 is 1.04 bits per heavy atom. The van der Waals surface area contributed by atoms with Crippen molar-refractivity contribution in [3.8, 4) is 0 Å². The average Bonchev–Trinajstić information content (AvgIpc) is 2.63. The van der Waals surface area contributed by atoms with Gasteiger partial charge >= 0.3 is 5.97 Å². The van der Waals surface area contributed by atoms with E-state index in [0.717, 1.165) is 6.42 Å². The van der Waals surface area contributed by atoms with Gasteiger partial charge in [0, 0.05) is 18.2 Å². The van der Waals surface area contributed by atoms with Crippen molar-refractivity contribution in [1.82, 2.24) is 15.4 Å². The second-order valence-electron chi connectivity index (χ2n) is 6.41. The first-order valence-electron chi connectivity index (χ1n) is 8.94. The molecule has 1 aromatic rings. The minimum absolute atomic E-state index is 0.0316. The van der Waals surface area contributed by atoms with Crippen LogP contribution in [-0.4, -0.2) is 51.4 Å². The number of ether oxygens (including phenoxy) is 1. The molecule has 0 unspecified atom stereocenters. The average molecular weight is 413 g/mol. The van der Waals surface area contributed by atoms with Crippen molar-refractivity contribution in [1.29, 1.82) is 0 Å². The number of benzene rings is 1. The predicted molar refractivity (Wildman–Crippen MR) is 103 cm³/mol. The fourth-order valence-corrected chi connectivity index (χ4v) is 3.35. The smallest absolute Gasteiger partial charge is 0.326 e. The summed E-state index contributed by atoms with van der Waals surface area (Å²) in [6.07, 6.45) is -0.204. The van der Waals surface area contributed by atoms with Crippen LogP contribution in [-0.2, 0) is 24.3 Å². The lowest BCUT2D eigenvalue weighted by Crippen LogP contribution is -2.39. The molecule has 1 aromatic carbocycles. The lowest BCUT2D eigenvalue weighted by Gasteiger charge is -2.13. The Bertz CT molecular complexity index is 790. The molecule has 0 fully saturated rings. The molecule has 0 aliphatic carbocycles. The molecule has 2 amide bonds. The summed E-state index contributed by atoms with van der Waals surface area (Å²) in [4.78, 5) is 35.5. The maximum absolute atomic E-state index is 12.1. The Hall–Kier alpha value is -2.46. The molecular formula is C18H27N3O6S. The summed E-state index contributed by atoms with van der Waals surface area (Å²) in [7, 11) is -3.65. The SMILES string of the molecule is CCCNC(=O)[C@H](C)OC(=O)CNC(=O)c1ccc(S(=O)(=O)NC(C)C)cc1. The lowest BCUT2D eigenvalue weighted by atomic mass is 10.2. The molecule has 0 saturated carbocycles. The van der Waals surface area contributed by atoms with Gasteiger partial charge in [0.2, 0.25) is 10.0 Å². The van der Waals surface area contributed by atoms with Crippen molar-refractivity contribution in [2.75, 3.05) is 13.1 Å². The van der Waals surface area contributed by atoms with E-state index in [0.29, 0.717) is 6.54 Å². The molecule has 156 valence electrons. The summed E-state index contributed by atoms with van der Waals surface area (Å²) in [6, 6.07) is 5.04. The fraction of sp³-hybridized carbons (Fsp3) is 0.500. The van der Waals surface area contributed by atoms with Crippen LogP contribution in [0.3, 0.4) is 0 Å². The number of hydrogen-bond donors (Lipinski definition) is 3. The van der Waals surface area contributed by atoms with Crippen LogP contribution < -0.4 is 15.4 Å². The van der Waals surface area contributed by atoms with Crippen molar-refractivity contribution in [2.45, 2.75) is 51.2 Å². The summed E-state index contributed by atoms with van der Waals surface area (Å²) in [5, 5.41) is 4.97. The normalized spacial score (nSPS) is 12.3. The molecule has 0 aliphatic heterocycles. The summed E-state index contributed by atoms with van der Waals surface area (Å²) >= 11 is 0. The Morgan fingerprint density at radius 3 is 2.18 bits per heavy atom. The monoisotopic (exact) mass is 413 g/mol. The van der Waals surface area contributed by atoms with Gasteiger partial charge in [0.15, 0.2) is 6.10 Å². The third-order valence-electron chi connectivity index (χ3n) is 3.44. The van der Waals surface area contributed by atoms with Crippen LogP contribution in [0.5, 0.6) is 0 Å². The number of hydrogen-bond acceptors (Lipinski definition) is 6. The summed E-state index contributed by atoms with van der Waals surface area (Å²) in [6.45, 7) is 6.80. The third kappa shape index (κ3) is 7.65. The molecule has 10 heteroatoms. The minimum Gasteiger partial charge on any atom is -0.451 e. The zero-order valence-electron chi connectivity index (χ0n) is 16.4. The van der Waals surface area contributed by atoms with Gasteiger partial charge in [-0.1, -0.05) is 6.92 Å². The van der Waals surface area contributed by atoms with Crippen molar-refractivity contribution in [3.63, 3.8) is 0 Å². The van der Waals surface area contributed by atoms with Gasteiger partial charge < -0.3 is 15.4 Å². The van der Waals surface area contributed by atoms with E-state index in [1.54, 1.807) is 13.8 Å². The molecule has 3 N–H and O–H groups in total. The molecule has 0 saturated heterocycles. The van der Waals surface area contributed by atoms with Gasteiger partial charge in [0.05, 0.1) is 4.90 Å². The van der Waals surface area contributed by atoms with E-state index in [-0.39, 0.29) is 16.5 Å². The van der Waals surface area contributed by atoms with Crippen molar-refractivity contribution in [3.05, 3.63) is 29.8 Å². The molecular weight excluding hydrogens is 386 g/mol. The number of amides is 2. The van der Waals surface area contributed by atoms with Gasteiger partial charge in [-0.15, -0.1) is 0 Å². The first-order valence-corrected chi connectivity index (χ1v) is 10.4. The fourth-order valence-electron chi connectivity index (χ4n) is 2.10. The Balaban J connectivity index is 2.57. The van der Waals surface area contributed by atoms with Gasteiger partial charge in [0.25, 0.3) is 11.8 Å². The summed E-state index contributed by atoms with van der Waals surface area (Å²) < 4.78 is 31.5. The van der Waals surface area contributed by atoms with E-state index in [4.69, 9.17) is 4.74 Å². The molecule has 1 atom stereocenters. The lowest BCUT2D eigenvalue weighted by molar-refractivity contribution is -0.153. The minimum atomic E-state index is -3.65. The highest BCUT2D eigenvalue weighted by Crippen LogP contribution is 2.11. The second-order valence-corrected chi connectivity index (χ2v) is 8.12. The van der Waals surface area contributed by atoms with Gasteiger partial charge in [-0.3, -0.25) is 14.4 Å². The Morgan fingerprint density at radius 2 is 1.64 bits per heavy atom. The number of nitrogens with one attached hydrogen (secondary N) is 3. The highest BCUT2D eigenvalue weighted by atomic mass is 32.2. The number of carbonyl (C=O) groups excluding carboxylic acids is 3. The van der Waals surface area contributed by atoms with Gasteiger partial charge in [-0.25, -0.2) is 13.1 Å². The second kappa shape index (κ2) is 10.8. The molecule has 0 bridgehead atoms. The third-order valence-corrected chi connectivity index (χ3v) is 5.11. The molecule has 0 heterocycles. The van der Waals surface area contributed by atoms with Crippen molar-refractivity contribution >= 4 is 27.8 Å². The zero-order valence-corrected chi connectivity index (χ0v) is 17.3. The van der Waals surface area contributed by atoms with Crippen LogP contribution in [0.4, 0.5) is 0 Å². The molecule has 0 spiro atoms. The molecule has 0 aliphatic rings. The van der Waals surface area contributed by atoms with Gasteiger partial charge in [-0.2, -0.15) is 0 Å². The van der Waals surface area contributed by atoms with Gasteiger partial charge in [-0.05, 0) is 51.5 Å². The van der Waals surface area contributed by atoms with E-state index in [1.165, 1.54) is 31.2 Å². The first kappa shape index (κ1) is 23.6. The predicted octanol–water partition coefficient (Wildman–Crippen LogP) is 0.561.